The van der Waals surface area contributed by atoms with Crippen molar-refractivity contribution in [1.29, 1.82) is 0 Å². The normalized spacial score (nSPS) is 18.8. The fraction of sp³-hybridized carbons (Fsp3) is 0.733. The lowest BCUT2D eigenvalue weighted by Crippen LogP contribution is -2.56. The first-order valence-electron chi connectivity index (χ1n) is 8.05. The van der Waals surface area contributed by atoms with E-state index in [1.807, 2.05) is 24.3 Å². The second-order valence-electron chi connectivity index (χ2n) is 5.99. The summed E-state index contributed by atoms with van der Waals surface area (Å²) in [5, 5.41) is 7.39. The van der Waals surface area contributed by atoms with Gasteiger partial charge in [0.2, 0.25) is 0 Å². The van der Waals surface area contributed by atoms with Crippen molar-refractivity contribution in [3.63, 3.8) is 0 Å². The standard InChI is InChI=1S/C15H25F3N6/c1-12(15(16,17)18)23-6-8-24(9-7-23)14(19-2)20-5-4-13-10-21-22(3)11-13/h10-12H,4-9H2,1-3H3,(H,19,20). The molecule has 1 aromatic heterocycles. The number of rotatable bonds is 4. The zero-order valence-electron chi connectivity index (χ0n) is 14.3. The molecule has 1 N–H and O–H groups in total. The molecule has 1 aromatic rings. The van der Waals surface area contributed by atoms with Crippen LogP contribution in [0.2, 0.25) is 0 Å². The van der Waals surface area contributed by atoms with Gasteiger partial charge in [0, 0.05) is 53.0 Å². The highest BCUT2D eigenvalue weighted by Crippen LogP contribution is 2.25. The molecule has 1 fully saturated rings. The molecule has 1 atom stereocenters. The Kier molecular flexibility index (Phi) is 6.09. The molecule has 2 heterocycles. The van der Waals surface area contributed by atoms with Gasteiger partial charge in [-0.1, -0.05) is 0 Å². The van der Waals surface area contributed by atoms with Gasteiger partial charge in [-0.2, -0.15) is 18.3 Å². The minimum Gasteiger partial charge on any atom is -0.356 e. The van der Waals surface area contributed by atoms with Crippen LogP contribution in [0.5, 0.6) is 0 Å². The van der Waals surface area contributed by atoms with Crippen molar-refractivity contribution in [3.8, 4) is 0 Å². The van der Waals surface area contributed by atoms with Gasteiger partial charge in [-0.3, -0.25) is 14.6 Å². The van der Waals surface area contributed by atoms with E-state index >= 15 is 0 Å². The third kappa shape index (κ3) is 4.86. The summed E-state index contributed by atoms with van der Waals surface area (Å²) < 4.78 is 40.1. The van der Waals surface area contributed by atoms with Crippen LogP contribution >= 0.6 is 0 Å². The van der Waals surface area contributed by atoms with Gasteiger partial charge in [0.05, 0.1) is 6.20 Å². The zero-order valence-corrected chi connectivity index (χ0v) is 14.3. The summed E-state index contributed by atoms with van der Waals surface area (Å²) in [7, 11) is 3.56. The Morgan fingerprint density at radius 1 is 1.33 bits per heavy atom. The summed E-state index contributed by atoms with van der Waals surface area (Å²) in [6.45, 7) is 3.75. The highest BCUT2D eigenvalue weighted by molar-refractivity contribution is 5.80. The molecular weight excluding hydrogens is 321 g/mol. The van der Waals surface area contributed by atoms with Gasteiger partial charge in [-0.15, -0.1) is 0 Å². The third-order valence-electron chi connectivity index (χ3n) is 4.30. The minimum atomic E-state index is -4.17. The quantitative estimate of drug-likeness (QED) is 0.655. The summed E-state index contributed by atoms with van der Waals surface area (Å²) >= 11 is 0. The maximum atomic E-state index is 12.8. The molecule has 24 heavy (non-hydrogen) atoms. The number of alkyl halides is 3. The summed E-state index contributed by atoms with van der Waals surface area (Å²) in [6.07, 6.45) is 0.424. The number of piperazine rings is 1. The fourth-order valence-corrected chi connectivity index (χ4v) is 2.78. The van der Waals surface area contributed by atoms with Crippen molar-refractivity contribution in [2.75, 3.05) is 39.8 Å². The number of aliphatic imine (C=N–C) groups is 1. The molecule has 0 spiro atoms. The molecule has 1 aliphatic rings. The number of halogens is 3. The zero-order chi connectivity index (χ0) is 17.7. The first kappa shape index (κ1) is 18.6. The van der Waals surface area contributed by atoms with E-state index in [-0.39, 0.29) is 0 Å². The summed E-state index contributed by atoms with van der Waals surface area (Å²) in [5.41, 5.74) is 1.13. The average molecular weight is 346 g/mol. The van der Waals surface area contributed by atoms with Crippen molar-refractivity contribution in [2.24, 2.45) is 12.0 Å². The number of nitrogens with zero attached hydrogens (tertiary/aromatic N) is 5. The molecule has 0 aromatic carbocycles. The molecule has 1 unspecified atom stereocenters. The summed E-state index contributed by atoms with van der Waals surface area (Å²) in [6, 6.07) is -1.40. The van der Waals surface area contributed by atoms with E-state index in [1.54, 1.807) is 11.7 Å². The number of aromatic nitrogens is 2. The van der Waals surface area contributed by atoms with Crippen molar-refractivity contribution in [1.82, 2.24) is 24.9 Å². The minimum absolute atomic E-state index is 0.379. The molecule has 6 nitrogen and oxygen atoms in total. The van der Waals surface area contributed by atoms with E-state index < -0.39 is 12.2 Å². The Morgan fingerprint density at radius 2 is 2.00 bits per heavy atom. The molecule has 136 valence electrons. The second-order valence-corrected chi connectivity index (χ2v) is 5.99. The Morgan fingerprint density at radius 3 is 2.50 bits per heavy atom. The second kappa shape index (κ2) is 7.87. The maximum Gasteiger partial charge on any atom is 0.403 e. The van der Waals surface area contributed by atoms with Gasteiger partial charge < -0.3 is 10.2 Å². The van der Waals surface area contributed by atoms with E-state index in [4.69, 9.17) is 0 Å². The predicted molar refractivity (Wildman–Crippen MR) is 86.9 cm³/mol. The van der Waals surface area contributed by atoms with Crippen LogP contribution in [0.1, 0.15) is 12.5 Å². The highest BCUT2D eigenvalue weighted by Gasteiger charge is 2.41. The number of guanidine groups is 1. The molecule has 9 heteroatoms. The van der Waals surface area contributed by atoms with Gasteiger partial charge in [0.1, 0.15) is 6.04 Å². The van der Waals surface area contributed by atoms with Crippen LogP contribution in [-0.4, -0.2) is 77.5 Å². The van der Waals surface area contributed by atoms with Crippen molar-refractivity contribution in [3.05, 3.63) is 18.0 Å². The Labute approximate surface area is 140 Å². The Hall–Kier alpha value is -1.77. The first-order valence-corrected chi connectivity index (χ1v) is 8.05. The van der Waals surface area contributed by atoms with E-state index in [9.17, 15) is 13.2 Å². The van der Waals surface area contributed by atoms with E-state index in [1.165, 1.54) is 11.8 Å². The molecule has 0 aliphatic carbocycles. The van der Waals surface area contributed by atoms with Crippen molar-refractivity contribution in [2.45, 2.75) is 25.6 Å². The molecule has 1 aliphatic heterocycles. The molecule has 0 bridgehead atoms. The lowest BCUT2D eigenvalue weighted by molar-refractivity contribution is -0.181. The number of hydrogen-bond acceptors (Lipinski definition) is 3. The van der Waals surface area contributed by atoms with Crippen LogP contribution in [-0.2, 0) is 13.5 Å². The Bertz CT molecular complexity index is 546. The smallest absolute Gasteiger partial charge is 0.356 e. The van der Waals surface area contributed by atoms with Gasteiger partial charge in [-0.05, 0) is 18.9 Å². The Balaban J connectivity index is 1.78. The average Bonchev–Trinajstić information content (AvgIpc) is 2.96. The molecule has 0 saturated carbocycles. The van der Waals surface area contributed by atoms with E-state index in [0.717, 1.165) is 17.9 Å². The summed E-state index contributed by atoms with van der Waals surface area (Å²) in [5.74, 6) is 0.734. The molecular formula is C15H25F3N6. The first-order chi connectivity index (χ1) is 11.3. The maximum absolute atomic E-state index is 12.8. The number of aryl methyl sites for hydroxylation is 1. The number of hydrogen-bond donors (Lipinski definition) is 1. The number of nitrogens with one attached hydrogen (secondary N) is 1. The molecule has 0 radical (unpaired) electrons. The lowest BCUT2D eigenvalue weighted by atomic mass is 10.2. The van der Waals surface area contributed by atoms with Crippen LogP contribution in [0.15, 0.2) is 17.4 Å². The van der Waals surface area contributed by atoms with Gasteiger partial charge >= 0.3 is 6.18 Å². The molecule has 2 rings (SSSR count). The molecule has 0 amide bonds. The topological polar surface area (TPSA) is 48.7 Å². The SMILES string of the molecule is CN=C(NCCc1cnn(C)c1)N1CCN(C(C)C(F)(F)F)CC1. The van der Waals surface area contributed by atoms with Crippen LogP contribution in [0.3, 0.4) is 0 Å². The van der Waals surface area contributed by atoms with Crippen molar-refractivity contribution >= 4 is 5.96 Å². The van der Waals surface area contributed by atoms with Gasteiger partial charge in [0.25, 0.3) is 0 Å². The predicted octanol–water partition coefficient (Wildman–Crippen LogP) is 1.11. The highest BCUT2D eigenvalue weighted by atomic mass is 19.4. The van der Waals surface area contributed by atoms with Crippen LogP contribution in [0.25, 0.3) is 0 Å². The molecule has 1 saturated heterocycles. The fourth-order valence-electron chi connectivity index (χ4n) is 2.78. The van der Waals surface area contributed by atoms with Crippen molar-refractivity contribution < 1.29 is 13.2 Å². The lowest BCUT2D eigenvalue weighted by Gasteiger charge is -2.39. The monoisotopic (exact) mass is 346 g/mol. The van der Waals surface area contributed by atoms with Gasteiger partial charge in [0.15, 0.2) is 5.96 Å². The van der Waals surface area contributed by atoms with E-state index in [0.29, 0.717) is 32.7 Å². The van der Waals surface area contributed by atoms with Crippen LogP contribution < -0.4 is 5.32 Å². The van der Waals surface area contributed by atoms with Crippen LogP contribution in [0.4, 0.5) is 13.2 Å². The third-order valence-corrected chi connectivity index (χ3v) is 4.30. The van der Waals surface area contributed by atoms with E-state index in [2.05, 4.69) is 15.4 Å². The largest absolute Gasteiger partial charge is 0.403 e. The van der Waals surface area contributed by atoms with Crippen LogP contribution in [0, 0.1) is 0 Å². The van der Waals surface area contributed by atoms with Gasteiger partial charge in [-0.25, -0.2) is 0 Å². The summed E-state index contributed by atoms with van der Waals surface area (Å²) in [4.78, 5) is 7.71.